The fourth-order valence-corrected chi connectivity index (χ4v) is 3.31. The fraction of sp³-hybridized carbons (Fsp3) is 0.278. The summed E-state index contributed by atoms with van der Waals surface area (Å²) in [6.07, 6.45) is 4.31. The first kappa shape index (κ1) is 18.6. The van der Waals surface area contributed by atoms with E-state index < -0.39 is 5.82 Å². The van der Waals surface area contributed by atoms with E-state index in [1.165, 1.54) is 12.3 Å². The topological polar surface area (TPSA) is 62.3 Å². The van der Waals surface area contributed by atoms with Gasteiger partial charge in [0.15, 0.2) is 0 Å². The zero-order valence-electron chi connectivity index (χ0n) is 13.7. The number of carbonyl (C=O) groups excluding carboxylic acids is 2. The number of benzene rings is 1. The molecule has 1 aliphatic rings. The van der Waals surface area contributed by atoms with Gasteiger partial charge in [0.05, 0.1) is 21.2 Å². The number of hydrogen-bond donors (Lipinski definition) is 1. The maximum atomic E-state index is 13.6. The zero-order valence-corrected chi connectivity index (χ0v) is 15.2. The van der Waals surface area contributed by atoms with Crippen LogP contribution in [-0.4, -0.2) is 40.8 Å². The van der Waals surface area contributed by atoms with Gasteiger partial charge >= 0.3 is 0 Å². The number of nitrogens with zero attached hydrogens (tertiary/aromatic N) is 2. The molecule has 2 aromatic rings. The molecule has 136 valence electrons. The molecule has 1 N–H and O–H groups in total. The molecule has 0 atom stereocenters. The van der Waals surface area contributed by atoms with Crippen LogP contribution in [0.15, 0.2) is 36.7 Å². The summed E-state index contributed by atoms with van der Waals surface area (Å²) >= 11 is 11.7. The average molecular weight is 396 g/mol. The molecule has 1 aliphatic heterocycles. The summed E-state index contributed by atoms with van der Waals surface area (Å²) in [6, 6.07) is 5.64. The molecule has 0 radical (unpaired) electrons. The maximum absolute atomic E-state index is 13.6. The summed E-state index contributed by atoms with van der Waals surface area (Å²) in [6.45, 7) is 0.884. The number of carbonyl (C=O) groups is 2. The molecule has 26 heavy (non-hydrogen) atoms. The highest BCUT2D eigenvalue weighted by atomic mass is 35.5. The Bertz CT molecular complexity index is 825. The number of piperidine rings is 1. The molecule has 5 nitrogen and oxygen atoms in total. The number of pyridine rings is 1. The number of amides is 2. The molecule has 8 heteroatoms. The van der Waals surface area contributed by atoms with Crippen molar-refractivity contribution in [3.05, 3.63) is 63.6 Å². The van der Waals surface area contributed by atoms with Crippen LogP contribution in [0.1, 0.15) is 33.6 Å². The van der Waals surface area contributed by atoms with Gasteiger partial charge in [-0.05, 0) is 37.1 Å². The normalized spacial score (nSPS) is 15.0. The molecule has 1 aromatic heterocycles. The molecule has 0 spiro atoms. The van der Waals surface area contributed by atoms with Crippen LogP contribution in [0, 0.1) is 5.82 Å². The molecule has 0 aliphatic carbocycles. The van der Waals surface area contributed by atoms with Crippen molar-refractivity contribution in [2.24, 2.45) is 0 Å². The van der Waals surface area contributed by atoms with Gasteiger partial charge in [0, 0.05) is 31.5 Å². The third kappa shape index (κ3) is 4.14. The molecule has 2 heterocycles. The lowest BCUT2D eigenvalue weighted by molar-refractivity contribution is 0.0697. The molecule has 1 fully saturated rings. The second-order valence-corrected chi connectivity index (χ2v) is 6.84. The Balaban J connectivity index is 1.59. The Kier molecular flexibility index (Phi) is 5.74. The van der Waals surface area contributed by atoms with E-state index in [1.54, 1.807) is 23.2 Å². The van der Waals surface area contributed by atoms with Crippen LogP contribution >= 0.6 is 23.2 Å². The molecular formula is C18H16Cl2FN3O2. The summed E-state index contributed by atoms with van der Waals surface area (Å²) < 4.78 is 13.6. The van der Waals surface area contributed by atoms with Crippen molar-refractivity contribution in [1.29, 1.82) is 0 Å². The molecular weight excluding hydrogens is 380 g/mol. The van der Waals surface area contributed by atoms with E-state index in [2.05, 4.69) is 10.3 Å². The van der Waals surface area contributed by atoms with Crippen molar-refractivity contribution in [3.8, 4) is 0 Å². The molecule has 2 amide bonds. The Morgan fingerprint density at radius 2 is 1.92 bits per heavy atom. The van der Waals surface area contributed by atoms with Gasteiger partial charge in [0.1, 0.15) is 5.82 Å². The van der Waals surface area contributed by atoms with Crippen LogP contribution in [0.25, 0.3) is 0 Å². The predicted molar refractivity (Wildman–Crippen MR) is 97.0 cm³/mol. The smallest absolute Gasteiger partial charge is 0.255 e. The third-order valence-corrected chi connectivity index (χ3v) is 4.88. The lowest BCUT2D eigenvalue weighted by atomic mass is 10.0. The van der Waals surface area contributed by atoms with Crippen molar-refractivity contribution in [3.63, 3.8) is 0 Å². The number of nitrogens with one attached hydrogen (secondary N) is 1. The number of likely N-dealkylation sites (tertiary alicyclic amines) is 1. The predicted octanol–water partition coefficient (Wildman–Crippen LogP) is 3.56. The van der Waals surface area contributed by atoms with Crippen LogP contribution < -0.4 is 5.32 Å². The average Bonchev–Trinajstić information content (AvgIpc) is 2.65. The molecule has 1 aromatic carbocycles. The number of hydrogen-bond acceptors (Lipinski definition) is 3. The number of aromatic nitrogens is 1. The second kappa shape index (κ2) is 8.01. The van der Waals surface area contributed by atoms with Gasteiger partial charge in [-0.25, -0.2) is 4.39 Å². The second-order valence-electron chi connectivity index (χ2n) is 6.03. The van der Waals surface area contributed by atoms with Gasteiger partial charge in [-0.1, -0.05) is 23.2 Å². The monoisotopic (exact) mass is 395 g/mol. The summed E-state index contributed by atoms with van der Waals surface area (Å²) in [5, 5.41) is 2.94. The van der Waals surface area contributed by atoms with Gasteiger partial charge in [0.2, 0.25) is 0 Å². The summed E-state index contributed by atoms with van der Waals surface area (Å²) in [4.78, 5) is 30.3. The Morgan fingerprint density at radius 1 is 1.19 bits per heavy atom. The molecule has 0 unspecified atom stereocenters. The van der Waals surface area contributed by atoms with Gasteiger partial charge in [-0.2, -0.15) is 0 Å². The lowest BCUT2D eigenvalue weighted by Crippen LogP contribution is -2.46. The highest BCUT2D eigenvalue weighted by Crippen LogP contribution is 2.26. The number of halogens is 3. The quantitative estimate of drug-likeness (QED) is 0.808. The minimum absolute atomic E-state index is 0.0378. The largest absolute Gasteiger partial charge is 0.349 e. The molecule has 0 saturated carbocycles. The van der Waals surface area contributed by atoms with E-state index in [4.69, 9.17) is 23.2 Å². The van der Waals surface area contributed by atoms with Crippen LogP contribution in [0.3, 0.4) is 0 Å². The minimum Gasteiger partial charge on any atom is -0.349 e. The standard InChI is InChI=1S/C18H16Cl2FN3O2/c19-14-9-15(20)16(21)8-13(14)18(26)24-6-3-12(4-7-24)23-17(25)11-2-1-5-22-10-11/h1-2,5,8-10,12H,3-4,6-7H2,(H,23,25). The summed E-state index contributed by atoms with van der Waals surface area (Å²) in [5.74, 6) is -1.22. The Hall–Kier alpha value is -2.18. The van der Waals surface area contributed by atoms with E-state index in [0.29, 0.717) is 31.5 Å². The van der Waals surface area contributed by atoms with E-state index in [0.717, 1.165) is 6.07 Å². The van der Waals surface area contributed by atoms with Crippen LogP contribution in [0.5, 0.6) is 0 Å². The van der Waals surface area contributed by atoms with Crippen LogP contribution in [-0.2, 0) is 0 Å². The molecule has 1 saturated heterocycles. The van der Waals surface area contributed by atoms with Gasteiger partial charge < -0.3 is 10.2 Å². The van der Waals surface area contributed by atoms with E-state index in [1.807, 2.05) is 0 Å². The lowest BCUT2D eigenvalue weighted by Gasteiger charge is -2.32. The van der Waals surface area contributed by atoms with Gasteiger partial charge in [-0.3, -0.25) is 14.6 Å². The van der Waals surface area contributed by atoms with Crippen LogP contribution in [0.2, 0.25) is 10.0 Å². The zero-order chi connectivity index (χ0) is 18.7. The SMILES string of the molecule is O=C(NC1CCN(C(=O)c2cc(F)c(Cl)cc2Cl)CC1)c1cccnc1. The van der Waals surface area contributed by atoms with Crippen molar-refractivity contribution in [2.45, 2.75) is 18.9 Å². The van der Waals surface area contributed by atoms with Crippen molar-refractivity contribution in [1.82, 2.24) is 15.2 Å². The van der Waals surface area contributed by atoms with E-state index in [9.17, 15) is 14.0 Å². The van der Waals surface area contributed by atoms with E-state index >= 15 is 0 Å². The maximum Gasteiger partial charge on any atom is 0.255 e. The van der Waals surface area contributed by atoms with Crippen LogP contribution in [0.4, 0.5) is 4.39 Å². The molecule has 3 rings (SSSR count). The highest BCUT2D eigenvalue weighted by molar-refractivity contribution is 6.36. The first-order valence-corrected chi connectivity index (χ1v) is 8.86. The van der Waals surface area contributed by atoms with Crippen molar-refractivity contribution in [2.75, 3.05) is 13.1 Å². The first-order chi connectivity index (χ1) is 12.5. The summed E-state index contributed by atoms with van der Waals surface area (Å²) in [5.41, 5.74) is 0.584. The Labute approximate surface area is 160 Å². The third-order valence-electron chi connectivity index (χ3n) is 4.28. The van der Waals surface area contributed by atoms with Gasteiger partial charge in [-0.15, -0.1) is 0 Å². The van der Waals surface area contributed by atoms with Crippen molar-refractivity contribution < 1.29 is 14.0 Å². The highest BCUT2D eigenvalue weighted by Gasteiger charge is 2.26. The Morgan fingerprint density at radius 3 is 2.58 bits per heavy atom. The van der Waals surface area contributed by atoms with E-state index in [-0.39, 0.29) is 33.5 Å². The summed E-state index contributed by atoms with van der Waals surface area (Å²) in [7, 11) is 0. The molecule has 0 bridgehead atoms. The van der Waals surface area contributed by atoms with Crippen molar-refractivity contribution >= 4 is 35.0 Å². The minimum atomic E-state index is -0.682. The van der Waals surface area contributed by atoms with Gasteiger partial charge in [0.25, 0.3) is 11.8 Å². The fourth-order valence-electron chi connectivity index (χ4n) is 2.85. The number of rotatable bonds is 3. The first-order valence-electron chi connectivity index (χ1n) is 8.10.